The van der Waals surface area contributed by atoms with E-state index >= 15 is 0 Å². The van der Waals surface area contributed by atoms with Gasteiger partial charge >= 0.3 is 5.97 Å². The first kappa shape index (κ1) is 8.72. The SMILES string of the molecule is O=C(O)C1CC2CC1CC21CCNC1. The van der Waals surface area contributed by atoms with Crippen molar-refractivity contribution in [3.05, 3.63) is 0 Å². The second-order valence-corrected chi connectivity index (χ2v) is 5.37. The molecule has 1 heterocycles. The zero-order valence-electron chi connectivity index (χ0n) is 8.33. The molecule has 2 N–H and O–H groups in total. The molecule has 0 radical (unpaired) electrons. The van der Waals surface area contributed by atoms with Gasteiger partial charge in [0.25, 0.3) is 0 Å². The molecule has 2 bridgehead atoms. The summed E-state index contributed by atoms with van der Waals surface area (Å²) in [4.78, 5) is 11.0. The van der Waals surface area contributed by atoms with Crippen LogP contribution < -0.4 is 5.32 Å². The predicted molar refractivity (Wildman–Crippen MR) is 51.9 cm³/mol. The van der Waals surface area contributed by atoms with Crippen LogP contribution in [0.3, 0.4) is 0 Å². The molecule has 3 aliphatic rings. The number of carboxylic acids is 1. The molecule has 3 fully saturated rings. The third kappa shape index (κ3) is 0.991. The van der Waals surface area contributed by atoms with Crippen LogP contribution in [0.5, 0.6) is 0 Å². The van der Waals surface area contributed by atoms with E-state index in [9.17, 15) is 4.79 Å². The van der Waals surface area contributed by atoms with Gasteiger partial charge in [0, 0.05) is 6.54 Å². The second-order valence-electron chi connectivity index (χ2n) is 5.37. The molecule has 4 atom stereocenters. The highest BCUT2D eigenvalue weighted by atomic mass is 16.4. The molecule has 14 heavy (non-hydrogen) atoms. The van der Waals surface area contributed by atoms with Crippen LogP contribution in [0.2, 0.25) is 0 Å². The standard InChI is InChI=1S/C11H17NO2/c13-10(14)9-4-8-3-7(9)5-11(8)1-2-12-6-11/h7-9,12H,1-6H2,(H,13,14). The molecular weight excluding hydrogens is 178 g/mol. The van der Waals surface area contributed by atoms with E-state index in [0.29, 0.717) is 17.3 Å². The van der Waals surface area contributed by atoms with Crippen LogP contribution in [0.1, 0.15) is 25.7 Å². The van der Waals surface area contributed by atoms with Gasteiger partial charge in [-0.25, -0.2) is 0 Å². The van der Waals surface area contributed by atoms with Gasteiger partial charge in [0.05, 0.1) is 5.92 Å². The number of carboxylic acid groups (broad SMARTS) is 1. The Labute approximate surface area is 83.9 Å². The minimum Gasteiger partial charge on any atom is -0.481 e. The summed E-state index contributed by atoms with van der Waals surface area (Å²) in [5.74, 6) is 0.602. The largest absolute Gasteiger partial charge is 0.481 e. The highest BCUT2D eigenvalue weighted by molar-refractivity contribution is 5.71. The smallest absolute Gasteiger partial charge is 0.306 e. The van der Waals surface area contributed by atoms with Gasteiger partial charge in [-0.3, -0.25) is 4.79 Å². The molecular formula is C11H17NO2. The van der Waals surface area contributed by atoms with E-state index in [4.69, 9.17) is 5.11 Å². The van der Waals surface area contributed by atoms with Gasteiger partial charge < -0.3 is 10.4 Å². The number of fused-ring (bicyclic) bond motifs is 3. The molecule has 1 saturated heterocycles. The topological polar surface area (TPSA) is 49.3 Å². The average molecular weight is 195 g/mol. The van der Waals surface area contributed by atoms with Crippen molar-refractivity contribution in [3.8, 4) is 0 Å². The molecule has 3 heteroatoms. The van der Waals surface area contributed by atoms with Gasteiger partial charge in [-0.05, 0) is 49.5 Å². The van der Waals surface area contributed by atoms with E-state index in [1.54, 1.807) is 0 Å². The number of aliphatic carboxylic acids is 1. The first-order chi connectivity index (χ1) is 6.71. The van der Waals surface area contributed by atoms with E-state index in [-0.39, 0.29) is 5.92 Å². The van der Waals surface area contributed by atoms with Crippen molar-refractivity contribution in [2.75, 3.05) is 13.1 Å². The van der Waals surface area contributed by atoms with Gasteiger partial charge in [0.1, 0.15) is 0 Å². The van der Waals surface area contributed by atoms with Crippen molar-refractivity contribution in [2.24, 2.45) is 23.2 Å². The summed E-state index contributed by atoms with van der Waals surface area (Å²) in [5.41, 5.74) is 0.497. The van der Waals surface area contributed by atoms with Crippen molar-refractivity contribution in [2.45, 2.75) is 25.7 Å². The second kappa shape index (κ2) is 2.72. The fourth-order valence-corrected chi connectivity index (χ4v) is 4.13. The minimum atomic E-state index is -0.557. The Morgan fingerprint density at radius 2 is 2.29 bits per heavy atom. The van der Waals surface area contributed by atoms with Gasteiger partial charge in [-0.2, -0.15) is 0 Å². The molecule has 2 aliphatic carbocycles. The van der Waals surface area contributed by atoms with Gasteiger partial charge in [0.15, 0.2) is 0 Å². The Hall–Kier alpha value is -0.570. The first-order valence-electron chi connectivity index (χ1n) is 5.65. The number of hydrogen-bond donors (Lipinski definition) is 2. The number of hydrogen-bond acceptors (Lipinski definition) is 2. The minimum absolute atomic E-state index is 0.0220. The summed E-state index contributed by atoms with van der Waals surface area (Å²) in [7, 11) is 0. The normalized spacial score (nSPS) is 50.4. The maximum Gasteiger partial charge on any atom is 0.306 e. The quantitative estimate of drug-likeness (QED) is 0.658. The van der Waals surface area contributed by atoms with Gasteiger partial charge in [0.2, 0.25) is 0 Å². The molecule has 0 amide bonds. The lowest BCUT2D eigenvalue weighted by molar-refractivity contribution is -0.144. The van der Waals surface area contributed by atoms with Crippen molar-refractivity contribution in [1.29, 1.82) is 0 Å². The maximum absolute atomic E-state index is 11.0. The zero-order chi connectivity index (χ0) is 9.76. The van der Waals surface area contributed by atoms with Gasteiger partial charge in [-0.1, -0.05) is 0 Å². The summed E-state index contributed by atoms with van der Waals surface area (Å²) >= 11 is 0. The monoisotopic (exact) mass is 195 g/mol. The third-order valence-corrected chi connectivity index (χ3v) is 4.82. The zero-order valence-corrected chi connectivity index (χ0v) is 8.33. The number of nitrogens with one attached hydrogen (secondary N) is 1. The molecule has 78 valence electrons. The average Bonchev–Trinajstić information content (AvgIpc) is 2.79. The predicted octanol–water partition coefficient (Wildman–Crippen LogP) is 1.10. The molecule has 0 aromatic heterocycles. The molecule has 1 spiro atoms. The highest BCUT2D eigenvalue weighted by Crippen LogP contribution is 2.60. The van der Waals surface area contributed by atoms with Crippen LogP contribution in [0.4, 0.5) is 0 Å². The van der Waals surface area contributed by atoms with E-state index in [1.807, 2.05) is 0 Å². The van der Waals surface area contributed by atoms with Crippen LogP contribution >= 0.6 is 0 Å². The van der Waals surface area contributed by atoms with Gasteiger partial charge in [-0.15, -0.1) is 0 Å². The summed E-state index contributed by atoms with van der Waals surface area (Å²) in [6.07, 6.45) is 4.57. The Kier molecular flexibility index (Phi) is 1.69. The number of rotatable bonds is 1. The van der Waals surface area contributed by atoms with Crippen LogP contribution in [0.25, 0.3) is 0 Å². The summed E-state index contributed by atoms with van der Waals surface area (Å²) in [6.45, 7) is 2.28. The Morgan fingerprint density at radius 3 is 2.79 bits per heavy atom. The molecule has 3 rings (SSSR count). The van der Waals surface area contributed by atoms with Crippen molar-refractivity contribution >= 4 is 5.97 Å². The molecule has 0 aromatic carbocycles. The molecule has 4 unspecified atom stereocenters. The van der Waals surface area contributed by atoms with Crippen molar-refractivity contribution in [1.82, 2.24) is 5.32 Å². The van der Waals surface area contributed by atoms with Crippen LogP contribution in [0, 0.1) is 23.2 Å². The lowest BCUT2D eigenvalue weighted by Crippen LogP contribution is -2.34. The van der Waals surface area contributed by atoms with Crippen molar-refractivity contribution in [3.63, 3.8) is 0 Å². The van der Waals surface area contributed by atoms with E-state index in [0.717, 1.165) is 19.5 Å². The van der Waals surface area contributed by atoms with Crippen LogP contribution in [-0.2, 0) is 4.79 Å². The summed E-state index contributed by atoms with van der Waals surface area (Å²) in [6, 6.07) is 0. The van der Waals surface area contributed by atoms with E-state index in [2.05, 4.69) is 5.32 Å². The first-order valence-corrected chi connectivity index (χ1v) is 5.65. The fourth-order valence-electron chi connectivity index (χ4n) is 4.13. The maximum atomic E-state index is 11.0. The molecule has 1 aliphatic heterocycles. The summed E-state index contributed by atoms with van der Waals surface area (Å²) in [5, 5.41) is 12.5. The number of carbonyl (C=O) groups is 1. The summed E-state index contributed by atoms with van der Waals surface area (Å²) < 4.78 is 0. The third-order valence-electron chi connectivity index (χ3n) is 4.82. The Morgan fingerprint density at radius 1 is 1.43 bits per heavy atom. The Balaban J connectivity index is 1.79. The van der Waals surface area contributed by atoms with E-state index in [1.165, 1.54) is 19.3 Å². The lowest BCUT2D eigenvalue weighted by atomic mass is 9.69. The Bertz CT molecular complexity index is 270. The van der Waals surface area contributed by atoms with Crippen molar-refractivity contribution < 1.29 is 9.90 Å². The van der Waals surface area contributed by atoms with Crippen LogP contribution in [-0.4, -0.2) is 24.2 Å². The lowest BCUT2D eigenvalue weighted by Gasteiger charge is -2.35. The molecule has 0 aromatic rings. The highest BCUT2D eigenvalue weighted by Gasteiger charge is 2.57. The molecule has 2 saturated carbocycles. The molecule has 3 nitrogen and oxygen atoms in total. The fraction of sp³-hybridized carbons (Fsp3) is 0.909. The van der Waals surface area contributed by atoms with Crippen LogP contribution in [0.15, 0.2) is 0 Å². The van der Waals surface area contributed by atoms with E-state index < -0.39 is 5.97 Å².